The molecule has 1 aromatic carbocycles. The zero-order chi connectivity index (χ0) is 15.2. The molecule has 116 valence electrons. The second kappa shape index (κ2) is 7.31. The van der Waals surface area contributed by atoms with Gasteiger partial charge in [-0.2, -0.15) is 0 Å². The molecule has 1 aliphatic heterocycles. The monoisotopic (exact) mass is 293 g/mol. The van der Waals surface area contributed by atoms with Gasteiger partial charge in [-0.25, -0.2) is 0 Å². The molecule has 1 aliphatic rings. The molecule has 1 aromatic rings. The Morgan fingerprint density at radius 1 is 1.52 bits per heavy atom. The van der Waals surface area contributed by atoms with Crippen LogP contribution in [0.1, 0.15) is 36.5 Å². The van der Waals surface area contributed by atoms with Gasteiger partial charge in [0.05, 0.1) is 18.8 Å². The van der Waals surface area contributed by atoms with Crippen LogP contribution in [0.4, 0.5) is 0 Å². The van der Waals surface area contributed by atoms with Crippen molar-refractivity contribution < 1.29 is 19.4 Å². The number of phenols is 1. The Kier molecular flexibility index (Phi) is 5.44. The molecule has 21 heavy (non-hydrogen) atoms. The van der Waals surface area contributed by atoms with Crippen LogP contribution < -0.4 is 10.1 Å². The molecule has 0 aromatic heterocycles. The minimum atomic E-state index is -0.272. The Labute approximate surface area is 125 Å². The number of benzene rings is 1. The molecule has 0 bridgehead atoms. The number of rotatable bonds is 5. The van der Waals surface area contributed by atoms with Gasteiger partial charge < -0.3 is 19.9 Å². The SMILES string of the molecule is COc1ccc(O)c(C(=O)NCC[C@@H]2CCO[C@@H](C)C2)c1. The summed E-state index contributed by atoms with van der Waals surface area (Å²) < 4.78 is 10.6. The molecule has 5 heteroatoms. The lowest BCUT2D eigenvalue weighted by Crippen LogP contribution is -2.29. The van der Waals surface area contributed by atoms with Crippen molar-refractivity contribution in [2.75, 3.05) is 20.3 Å². The van der Waals surface area contributed by atoms with Crippen molar-refractivity contribution in [2.45, 2.75) is 32.3 Å². The topological polar surface area (TPSA) is 67.8 Å². The zero-order valence-corrected chi connectivity index (χ0v) is 12.6. The van der Waals surface area contributed by atoms with Crippen LogP contribution in [-0.4, -0.2) is 37.4 Å². The van der Waals surface area contributed by atoms with Crippen molar-refractivity contribution in [1.29, 1.82) is 0 Å². The third kappa shape index (κ3) is 4.36. The highest BCUT2D eigenvalue weighted by Crippen LogP contribution is 2.24. The van der Waals surface area contributed by atoms with Crippen LogP contribution in [0.2, 0.25) is 0 Å². The number of carbonyl (C=O) groups excluding carboxylic acids is 1. The highest BCUT2D eigenvalue weighted by molar-refractivity contribution is 5.97. The molecule has 0 saturated carbocycles. The molecule has 1 amide bonds. The number of ether oxygens (including phenoxy) is 2. The van der Waals surface area contributed by atoms with Gasteiger partial charge in [-0.15, -0.1) is 0 Å². The highest BCUT2D eigenvalue weighted by atomic mass is 16.5. The average Bonchev–Trinajstić information content (AvgIpc) is 2.47. The van der Waals surface area contributed by atoms with E-state index in [9.17, 15) is 9.90 Å². The maximum Gasteiger partial charge on any atom is 0.255 e. The fraction of sp³-hybridized carbons (Fsp3) is 0.562. The summed E-state index contributed by atoms with van der Waals surface area (Å²) >= 11 is 0. The predicted octanol–water partition coefficient (Wildman–Crippen LogP) is 2.34. The van der Waals surface area contributed by atoms with Crippen LogP contribution in [-0.2, 0) is 4.74 Å². The van der Waals surface area contributed by atoms with Crippen molar-refractivity contribution >= 4 is 5.91 Å². The standard InChI is InChI=1S/C16H23NO4/c1-11-9-12(6-8-21-11)5-7-17-16(19)14-10-13(20-2)3-4-15(14)18/h3-4,10-12,18H,5-9H2,1-2H3,(H,17,19)/t11-,12+/m0/s1. The van der Waals surface area contributed by atoms with Gasteiger partial charge >= 0.3 is 0 Å². The summed E-state index contributed by atoms with van der Waals surface area (Å²) in [6.45, 7) is 3.49. The second-order valence-corrected chi connectivity index (χ2v) is 5.50. The molecule has 2 atom stereocenters. The minimum Gasteiger partial charge on any atom is -0.507 e. The van der Waals surface area contributed by atoms with E-state index in [0.717, 1.165) is 25.9 Å². The largest absolute Gasteiger partial charge is 0.507 e. The average molecular weight is 293 g/mol. The number of hydrogen-bond acceptors (Lipinski definition) is 4. The molecular formula is C16H23NO4. The van der Waals surface area contributed by atoms with E-state index in [2.05, 4.69) is 12.2 Å². The molecule has 0 aliphatic carbocycles. The molecule has 1 fully saturated rings. The van der Waals surface area contributed by atoms with Gasteiger partial charge in [-0.1, -0.05) is 0 Å². The number of nitrogens with one attached hydrogen (secondary N) is 1. The first kappa shape index (κ1) is 15.6. The predicted molar refractivity (Wildman–Crippen MR) is 79.7 cm³/mol. The first-order valence-electron chi connectivity index (χ1n) is 7.37. The number of phenolic OH excluding ortho intramolecular Hbond substituents is 1. The third-order valence-electron chi connectivity index (χ3n) is 3.88. The van der Waals surface area contributed by atoms with Gasteiger partial charge in [0.25, 0.3) is 5.91 Å². The zero-order valence-electron chi connectivity index (χ0n) is 12.6. The molecular weight excluding hydrogens is 270 g/mol. The lowest BCUT2D eigenvalue weighted by Gasteiger charge is -2.27. The summed E-state index contributed by atoms with van der Waals surface area (Å²) in [5, 5.41) is 12.6. The Balaban J connectivity index is 1.84. The smallest absolute Gasteiger partial charge is 0.255 e. The fourth-order valence-corrected chi connectivity index (χ4v) is 2.66. The number of methoxy groups -OCH3 is 1. The van der Waals surface area contributed by atoms with E-state index in [1.54, 1.807) is 12.1 Å². The van der Waals surface area contributed by atoms with Gasteiger partial charge in [0, 0.05) is 13.2 Å². The Bertz CT molecular complexity index is 489. The fourth-order valence-electron chi connectivity index (χ4n) is 2.66. The Hall–Kier alpha value is -1.75. The normalized spacial score (nSPS) is 21.8. The van der Waals surface area contributed by atoms with E-state index in [1.807, 2.05) is 0 Å². The first-order valence-corrected chi connectivity index (χ1v) is 7.37. The van der Waals surface area contributed by atoms with Gasteiger partial charge in [-0.3, -0.25) is 4.79 Å². The maximum absolute atomic E-state index is 12.1. The number of aromatic hydroxyl groups is 1. The lowest BCUT2D eigenvalue weighted by molar-refractivity contribution is 0.00109. The van der Waals surface area contributed by atoms with Crippen LogP contribution in [0, 0.1) is 5.92 Å². The van der Waals surface area contributed by atoms with Crippen LogP contribution in [0.15, 0.2) is 18.2 Å². The summed E-state index contributed by atoms with van der Waals surface area (Å²) in [5.74, 6) is 0.837. The van der Waals surface area contributed by atoms with E-state index in [0.29, 0.717) is 24.3 Å². The van der Waals surface area contributed by atoms with Gasteiger partial charge in [0.2, 0.25) is 0 Å². The Morgan fingerprint density at radius 3 is 3.05 bits per heavy atom. The van der Waals surface area contributed by atoms with Gasteiger partial charge in [0.1, 0.15) is 11.5 Å². The van der Waals surface area contributed by atoms with Crippen molar-refractivity contribution in [3.05, 3.63) is 23.8 Å². The molecule has 5 nitrogen and oxygen atoms in total. The first-order chi connectivity index (χ1) is 10.1. The second-order valence-electron chi connectivity index (χ2n) is 5.50. The van der Waals surface area contributed by atoms with Crippen molar-refractivity contribution in [3.63, 3.8) is 0 Å². The molecule has 0 spiro atoms. The molecule has 2 rings (SSSR count). The van der Waals surface area contributed by atoms with Crippen LogP contribution in [0.25, 0.3) is 0 Å². The lowest BCUT2D eigenvalue weighted by atomic mass is 9.93. The van der Waals surface area contributed by atoms with Crippen molar-refractivity contribution in [1.82, 2.24) is 5.32 Å². The summed E-state index contributed by atoms with van der Waals surface area (Å²) in [6, 6.07) is 4.63. The van der Waals surface area contributed by atoms with Crippen LogP contribution in [0.3, 0.4) is 0 Å². The Morgan fingerprint density at radius 2 is 2.33 bits per heavy atom. The maximum atomic E-state index is 12.1. The summed E-state index contributed by atoms with van der Waals surface area (Å²) in [4.78, 5) is 12.1. The molecule has 1 heterocycles. The highest BCUT2D eigenvalue weighted by Gasteiger charge is 2.19. The van der Waals surface area contributed by atoms with E-state index >= 15 is 0 Å². The van der Waals surface area contributed by atoms with Crippen LogP contribution >= 0.6 is 0 Å². The summed E-state index contributed by atoms with van der Waals surface area (Å²) in [5.41, 5.74) is 0.245. The molecule has 1 saturated heterocycles. The molecule has 0 radical (unpaired) electrons. The van der Waals surface area contributed by atoms with E-state index < -0.39 is 0 Å². The summed E-state index contributed by atoms with van der Waals surface area (Å²) in [7, 11) is 1.53. The van der Waals surface area contributed by atoms with Crippen molar-refractivity contribution in [3.8, 4) is 11.5 Å². The molecule has 0 unspecified atom stereocenters. The minimum absolute atomic E-state index is 0.0343. The van der Waals surface area contributed by atoms with Crippen molar-refractivity contribution in [2.24, 2.45) is 5.92 Å². The summed E-state index contributed by atoms with van der Waals surface area (Å²) in [6.07, 6.45) is 3.33. The number of hydrogen-bond donors (Lipinski definition) is 2. The van der Waals surface area contributed by atoms with E-state index in [-0.39, 0.29) is 17.2 Å². The third-order valence-corrected chi connectivity index (χ3v) is 3.88. The number of carbonyl (C=O) groups is 1. The van der Waals surface area contributed by atoms with E-state index in [1.165, 1.54) is 13.2 Å². The quantitative estimate of drug-likeness (QED) is 0.874. The van der Waals surface area contributed by atoms with Gasteiger partial charge in [0.15, 0.2) is 0 Å². The van der Waals surface area contributed by atoms with Gasteiger partial charge in [-0.05, 0) is 50.3 Å². The molecule has 2 N–H and O–H groups in total. The number of amides is 1. The van der Waals surface area contributed by atoms with E-state index in [4.69, 9.17) is 9.47 Å². The van der Waals surface area contributed by atoms with Crippen LogP contribution in [0.5, 0.6) is 11.5 Å².